The van der Waals surface area contributed by atoms with Crippen LogP contribution in [0.2, 0.25) is 5.02 Å². The van der Waals surface area contributed by atoms with Crippen LogP contribution in [0.1, 0.15) is 51.1 Å². The zero-order valence-corrected chi connectivity index (χ0v) is 12.4. The predicted molar refractivity (Wildman–Crippen MR) is 78.5 cm³/mol. The number of fused-ring (bicyclic) bond motifs is 1. The first-order valence-corrected chi connectivity index (χ1v) is 7.62. The fourth-order valence-corrected chi connectivity index (χ4v) is 3.95. The lowest BCUT2D eigenvalue weighted by Crippen LogP contribution is -2.50. The van der Waals surface area contributed by atoms with Gasteiger partial charge in [0.15, 0.2) is 0 Å². The monoisotopic (exact) mass is 279 g/mol. The van der Waals surface area contributed by atoms with E-state index < -0.39 is 0 Å². The highest BCUT2D eigenvalue weighted by Gasteiger charge is 2.46. The van der Waals surface area contributed by atoms with E-state index in [1.807, 2.05) is 18.2 Å². The second kappa shape index (κ2) is 4.68. The van der Waals surface area contributed by atoms with Crippen molar-refractivity contribution in [2.24, 2.45) is 17.6 Å². The van der Waals surface area contributed by atoms with Crippen molar-refractivity contribution in [2.75, 3.05) is 0 Å². The van der Waals surface area contributed by atoms with Crippen molar-refractivity contribution in [3.8, 4) is 5.75 Å². The van der Waals surface area contributed by atoms with E-state index in [2.05, 4.69) is 13.8 Å². The van der Waals surface area contributed by atoms with Gasteiger partial charge in [0.05, 0.1) is 0 Å². The second-order valence-electron chi connectivity index (χ2n) is 6.44. The summed E-state index contributed by atoms with van der Waals surface area (Å²) in [5.74, 6) is 2.29. The summed E-state index contributed by atoms with van der Waals surface area (Å²) in [6, 6.07) is 5.86. The molecule has 0 amide bonds. The summed E-state index contributed by atoms with van der Waals surface area (Å²) < 4.78 is 6.41. The van der Waals surface area contributed by atoms with Crippen molar-refractivity contribution >= 4 is 11.6 Å². The standard InChI is InChI=1S/C16H22ClNO/c1-10-5-6-16(11(2)7-10)9-14(18)13-8-12(17)3-4-15(13)19-16/h3-4,8,10-11,14H,5-7,9,18H2,1-2H3/t10?,11?,14-,16?/m0/s1. The van der Waals surface area contributed by atoms with Crippen LogP contribution in [-0.4, -0.2) is 5.60 Å². The van der Waals surface area contributed by atoms with Crippen molar-refractivity contribution < 1.29 is 4.74 Å². The van der Waals surface area contributed by atoms with Gasteiger partial charge in [0, 0.05) is 23.0 Å². The Morgan fingerprint density at radius 2 is 2.16 bits per heavy atom. The maximum atomic E-state index is 6.41. The Morgan fingerprint density at radius 1 is 1.37 bits per heavy atom. The number of ether oxygens (including phenoxy) is 1. The van der Waals surface area contributed by atoms with Crippen molar-refractivity contribution in [1.29, 1.82) is 0 Å². The molecule has 1 saturated carbocycles. The van der Waals surface area contributed by atoms with Gasteiger partial charge in [0.2, 0.25) is 0 Å². The van der Waals surface area contributed by atoms with Gasteiger partial charge >= 0.3 is 0 Å². The molecule has 0 radical (unpaired) electrons. The SMILES string of the molecule is CC1CCC2(C[C@H](N)c3cc(Cl)ccc3O2)C(C)C1. The first-order valence-electron chi connectivity index (χ1n) is 7.24. The third-order valence-electron chi connectivity index (χ3n) is 4.96. The molecule has 0 bridgehead atoms. The molecule has 1 aromatic carbocycles. The Hall–Kier alpha value is -0.730. The molecule has 3 rings (SSSR count). The molecule has 104 valence electrons. The fraction of sp³-hybridized carbons (Fsp3) is 0.625. The van der Waals surface area contributed by atoms with E-state index in [9.17, 15) is 0 Å². The molecule has 2 N–H and O–H groups in total. The third kappa shape index (κ3) is 2.25. The van der Waals surface area contributed by atoms with Crippen molar-refractivity contribution in [3.63, 3.8) is 0 Å². The Kier molecular flexibility index (Phi) is 3.26. The minimum atomic E-state index is -0.0627. The zero-order valence-electron chi connectivity index (χ0n) is 11.7. The number of rotatable bonds is 0. The fourth-order valence-electron chi connectivity index (χ4n) is 3.77. The summed E-state index contributed by atoms with van der Waals surface area (Å²) in [6.07, 6.45) is 4.49. The summed E-state index contributed by atoms with van der Waals surface area (Å²) in [6.45, 7) is 4.64. The van der Waals surface area contributed by atoms with Gasteiger partial charge in [-0.05, 0) is 49.3 Å². The Balaban J connectivity index is 1.94. The van der Waals surface area contributed by atoms with E-state index in [0.717, 1.165) is 35.1 Å². The minimum absolute atomic E-state index is 0.0401. The molecule has 2 aliphatic rings. The van der Waals surface area contributed by atoms with Crippen LogP contribution in [0.5, 0.6) is 5.75 Å². The Labute approximate surface area is 120 Å². The minimum Gasteiger partial charge on any atom is -0.487 e. The average molecular weight is 280 g/mol. The van der Waals surface area contributed by atoms with Crippen molar-refractivity contribution in [2.45, 2.75) is 51.2 Å². The van der Waals surface area contributed by atoms with E-state index in [0.29, 0.717) is 5.92 Å². The van der Waals surface area contributed by atoms with Crippen molar-refractivity contribution in [1.82, 2.24) is 0 Å². The lowest BCUT2D eigenvalue weighted by Gasteiger charge is -2.49. The number of hydrogen-bond acceptors (Lipinski definition) is 2. The molecular formula is C16H22ClNO. The van der Waals surface area contributed by atoms with Crippen LogP contribution >= 0.6 is 11.6 Å². The number of hydrogen-bond donors (Lipinski definition) is 1. The summed E-state index contributed by atoms with van der Waals surface area (Å²) in [4.78, 5) is 0. The van der Waals surface area contributed by atoms with E-state index in [1.165, 1.54) is 12.8 Å². The highest BCUT2D eigenvalue weighted by Crippen LogP contribution is 2.49. The predicted octanol–water partition coefficient (Wildman–Crippen LogP) is 4.32. The molecular weight excluding hydrogens is 258 g/mol. The quantitative estimate of drug-likeness (QED) is 0.768. The maximum Gasteiger partial charge on any atom is 0.125 e. The van der Waals surface area contributed by atoms with Gasteiger partial charge in [0.1, 0.15) is 11.4 Å². The molecule has 19 heavy (non-hydrogen) atoms. The average Bonchev–Trinajstić information content (AvgIpc) is 2.36. The molecule has 3 heteroatoms. The van der Waals surface area contributed by atoms with Gasteiger partial charge in [-0.2, -0.15) is 0 Å². The summed E-state index contributed by atoms with van der Waals surface area (Å²) >= 11 is 6.06. The molecule has 0 saturated heterocycles. The largest absolute Gasteiger partial charge is 0.487 e. The van der Waals surface area contributed by atoms with Crippen LogP contribution in [-0.2, 0) is 0 Å². The topological polar surface area (TPSA) is 35.2 Å². The van der Waals surface area contributed by atoms with Gasteiger partial charge < -0.3 is 10.5 Å². The normalized spacial score (nSPS) is 37.8. The highest BCUT2D eigenvalue weighted by molar-refractivity contribution is 6.30. The van der Waals surface area contributed by atoms with Crippen LogP contribution in [0.3, 0.4) is 0 Å². The van der Waals surface area contributed by atoms with E-state index in [-0.39, 0.29) is 11.6 Å². The molecule has 3 unspecified atom stereocenters. The van der Waals surface area contributed by atoms with Gasteiger partial charge in [-0.15, -0.1) is 0 Å². The lowest BCUT2D eigenvalue weighted by atomic mass is 9.68. The van der Waals surface area contributed by atoms with Crippen LogP contribution in [0.25, 0.3) is 0 Å². The molecule has 1 heterocycles. The molecule has 1 aromatic rings. The van der Waals surface area contributed by atoms with E-state index in [1.54, 1.807) is 0 Å². The van der Waals surface area contributed by atoms with Crippen LogP contribution in [0.15, 0.2) is 18.2 Å². The highest BCUT2D eigenvalue weighted by atomic mass is 35.5. The summed E-state index contributed by atoms with van der Waals surface area (Å²) in [5, 5.41) is 0.735. The van der Waals surface area contributed by atoms with Gasteiger partial charge in [-0.1, -0.05) is 25.4 Å². The van der Waals surface area contributed by atoms with Crippen molar-refractivity contribution in [3.05, 3.63) is 28.8 Å². The smallest absolute Gasteiger partial charge is 0.125 e. The summed E-state index contributed by atoms with van der Waals surface area (Å²) in [7, 11) is 0. The first-order chi connectivity index (χ1) is 9.00. The van der Waals surface area contributed by atoms with Crippen LogP contribution < -0.4 is 10.5 Å². The van der Waals surface area contributed by atoms with Gasteiger partial charge in [-0.3, -0.25) is 0 Å². The summed E-state index contributed by atoms with van der Waals surface area (Å²) in [5.41, 5.74) is 7.38. The van der Waals surface area contributed by atoms with Gasteiger partial charge in [0.25, 0.3) is 0 Å². The van der Waals surface area contributed by atoms with Gasteiger partial charge in [-0.25, -0.2) is 0 Å². The molecule has 4 atom stereocenters. The first kappa shape index (κ1) is 13.3. The molecule has 1 spiro atoms. The van der Waals surface area contributed by atoms with E-state index >= 15 is 0 Å². The Morgan fingerprint density at radius 3 is 2.89 bits per heavy atom. The third-order valence-corrected chi connectivity index (χ3v) is 5.20. The van der Waals surface area contributed by atoms with E-state index in [4.69, 9.17) is 22.1 Å². The Bertz CT molecular complexity index is 490. The lowest BCUT2D eigenvalue weighted by molar-refractivity contribution is -0.0519. The van der Waals surface area contributed by atoms with Crippen LogP contribution in [0.4, 0.5) is 0 Å². The zero-order chi connectivity index (χ0) is 13.6. The maximum absolute atomic E-state index is 6.41. The van der Waals surface area contributed by atoms with Crippen LogP contribution in [0, 0.1) is 11.8 Å². The molecule has 1 aliphatic carbocycles. The molecule has 1 fully saturated rings. The molecule has 2 nitrogen and oxygen atoms in total. The number of benzene rings is 1. The number of halogens is 1. The molecule has 1 aliphatic heterocycles. The second-order valence-corrected chi connectivity index (χ2v) is 6.88. The molecule has 0 aromatic heterocycles. The number of nitrogens with two attached hydrogens (primary N) is 1.